The molecule has 1 aliphatic rings. The number of methoxy groups -OCH3 is 1. The number of amides is 1. The van der Waals surface area contributed by atoms with Crippen molar-refractivity contribution >= 4 is 12.0 Å². The zero-order valence-electron chi connectivity index (χ0n) is 17.5. The number of carbonyl (C=O) groups is 1. The second kappa shape index (κ2) is 9.31. The number of ether oxygens (including phenoxy) is 1. The Morgan fingerprint density at radius 2 is 1.77 bits per heavy atom. The van der Waals surface area contributed by atoms with Gasteiger partial charge >= 0.3 is 0 Å². The standard InChI is InChI=1S/C25H24N4O2/c1-31-23-12-10-19(11-13-23)24-21(18-29(27-24)22-8-4-2-5-9-22)16-20(17-26)25(30)28-14-6-3-7-15-28/h2,4-5,8-13,16,18H,3,6-7,14-15H2,1H3. The lowest BCUT2D eigenvalue weighted by Gasteiger charge is -2.26. The van der Waals surface area contributed by atoms with Crippen LogP contribution in [-0.4, -0.2) is 40.8 Å². The van der Waals surface area contributed by atoms with E-state index in [9.17, 15) is 10.1 Å². The van der Waals surface area contributed by atoms with E-state index in [1.165, 1.54) is 0 Å². The van der Waals surface area contributed by atoms with Crippen LogP contribution in [0.4, 0.5) is 0 Å². The highest BCUT2D eigenvalue weighted by Crippen LogP contribution is 2.28. The average Bonchev–Trinajstić information content (AvgIpc) is 3.27. The maximum absolute atomic E-state index is 12.9. The first kappa shape index (κ1) is 20.4. The molecule has 1 saturated heterocycles. The van der Waals surface area contributed by atoms with E-state index in [4.69, 9.17) is 9.84 Å². The van der Waals surface area contributed by atoms with Crippen molar-refractivity contribution in [1.82, 2.24) is 14.7 Å². The minimum Gasteiger partial charge on any atom is -0.497 e. The summed E-state index contributed by atoms with van der Waals surface area (Å²) in [5, 5.41) is 14.5. The van der Waals surface area contributed by atoms with Crippen LogP contribution < -0.4 is 4.74 Å². The third kappa shape index (κ3) is 4.51. The topological polar surface area (TPSA) is 71.1 Å². The third-order valence-electron chi connectivity index (χ3n) is 5.42. The molecule has 6 heteroatoms. The van der Waals surface area contributed by atoms with Crippen LogP contribution in [-0.2, 0) is 4.79 Å². The molecule has 2 heterocycles. The summed E-state index contributed by atoms with van der Waals surface area (Å²) >= 11 is 0. The number of nitrogens with zero attached hydrogens (tertiary/aromatic N) is 4. The minimum atomic E-state index is -0.213. The van der Waals surface area contributed by atoms with E-state index in [0.717, 1.165) is 41.8 Å². The van der Waals surface area contributed by atoms with Crippen molar-refractivity contribution in [3.05, 3.63) is 71.9 Å². The molecule has 0 bridgehead atoms. The molecule has 31 heavy (non-hydrogen) atoms. The number of piperidine rings is 1. The van der Waals surface area contributed by atoms with Gasteiger partial charge in [0.2, 0.25) is 0 Å². The Balaban J connectivity index is 1.77. The predicted octanol–water partition coefficient (Wildman–Crippen LogP) is 4.47. The third-order valence-corrected chi connectivity index (χ3v) is 5.42. The van der Waals surface area contributed by atoms with Crippen LogP contribution in [0.2, 0.25) is 0 Å². The number of hydrogen-bond acceptors (Lipinski definition) is 4. The fourth-order valence-corrected chi connectivity index (χ4v) is 3.74. The van der Waals surface area contributed by atoms with Gasteiger partial charge in [0.05, 0.1) is 18.5 Å². The molecule has 4 rings (SSSR count). The monoisotopic (exact) mass is 412 g/mol. The number of carbonyl (C=O) groups excluding carboxylic acids is 1. The first-order valence-electron chi connectivity index (χ1n) is 10.4. The van der Waals surface area contributed by atoms with Crippen molar-refractivity contribution in [2.24, 2.45) is 0 Å². The van der Waals surface area contributed by atoms with E-state index in [1.54, 1.807) is 22.8 Å². The zero-order chi connectivity index (χ0) is 21.6. The van der Waals surface area contributed by atoms with Crippen LogP contribution in [0.1, 0.15) is 24.8 Å². The van der Waals surface area contributed by atoms with Gasteiger partial charge in [-0.25, -0.2) is 4.68 Å². The van der Waals surface area contributed by atoms with E-state index in [0.29, 0.717) is 18.8 Å². The molecule has 1 fully saturated rings. The largest absolute Gasteiger partial charge is 0.497 e. The Hall–Kier alpha value is -3.85. The molecule has 6 nitrogen and oxygen atoms in total. The fourth-order valence-electron chi connectivity index (χ4n) is 3.74. The number of nitriles is 1. The lowest BCUT2D eigenvalue weighted by Crippen LogP contribution is -2.36. The van der Waals surface area contributed by atoms with Crippen molar-refractivity contribution in [2.75, 3.05) is 20.2 Å². The Bertz CT molecular complexity index is 1120. The van der Waals surface area contributed by atoms with E-state index < -0.39 is 0 Å². The highest BCUT2D eigenvalue weighted by Gasteiger charge is 2.21. The quantitative estimate of drug-likeness (QED) is 0.458. The predicted molar refractivity (Wildman–Crippen MR) is 120 cm³/mol. The SMILES string of the molecule is COc1ccc(-c2nn(-c3ccccc3)cc2C=C(C#N)C(=O)N2CCCCC2)cc1. The molecule has 3 aromatic rings. The van der Waals surface area contributed by atoms with Gasteiger partial charge in [0, 0.05) is 30.4 Å². The first-order valence-corrected chi connectivity index (χ1v) is 10.4. The van der Waals surface area contributed by atoms with Crippen LogP contribution in [0.3, 0.4) is 0 Å². The number of para-hydroxylation sites is 1. The molecule has 0 aliphatic carbocycles. The maximum atomic E-state index is 12.9. The number of benzene rings is 2. The molecule has 1 aromatic heterocycles. The molecule has 1 amide bonds. The summed E-state index contributed by atoms with van der Waals surface area (Å²) in [7, 11) is 1.62. The smallest absolute Gasteiger partial charge is 0.264 e. The molecular weight excluding hydrogens is 388 g/mol. The van der Waals surface area contributed by atoms with Crippen LogP contribution in [0.15, 0.2) is 66.4 Å². The van der Waals surface area contributed by atoms with Gasteiger partial charge in [0.1, 0.15) is 17.4 Å². The van der Waals surface area contributed by atoms with Crippen molar-refractivity contribution in [3.8, 4) is 28.8 Å². The van der Waals surface area contributed by atoms with Crippen molar-refractivity contribution in [1.29, 1.82) is 5.26 Å². The molecule has 0 unspecified atom stereocenters. The number of likely N-dealkylation sites (tertiary alicyclic amines) is 1. The Labute approximate surface area is 182 Å². The molecule has 0 spiro atoms. The molecule has 1 aliphatic heterocycles. The summed E-state index contributed by atoms with van der Waals surface area (Å²) in [6.07, 6.45) is 6.60. The van der Waals surface area contributed by atoms with Gasteiger partial charge < -0.3 is 9.64 Å². The Morgan fingerprint density at radius 1 is 1.06 bits per heavy atom. The van der Waals surface area contributed by atoms with Gasteiger partial charge in [-0.2, -0.15) is 10.4 Å². The van der Waals surface area contributed by atoms with Gasteiger partial charge in [-0.3, -0.25) is 4.79 Å². The van der Waals surface area contributed by atoms with Crippen LogP contribution in [0.5, 0.6) is 5.75 Å². The van der Waals surface area contributed by atoms with E-state index in [2.05, 4.69) is 6.07 Å². The van der Waals surface area contributed by atoms with Crippen LogP contribution >= 0.6 is 0 Å². The highest BCUT2D eigenvalue weighted by molar-refractivity contribution is 6.02. The summed E-state index contributed by atoms with van der Waals surface area (Å²) in [6.45, 7) is 1.40. The summed E-state index contributed by atoms with van der Waals surface area (Å²) in [5.41, 5.74) is 3.33. The number of aromatic nitrogens is 2. The second-order valence-electron chi connectivity index (χ2n) is 7.46. The number of hydrogen-bond donors (Lipinski definition) is 0. The van der Waals surface area contributed by atoms with E-state index in [1.807, 2.05) is 60.8 Å². The summed E-state index contributed by atoms with van der Waals surface area (Å²) < 4.78 is 7.03. The van der Waals surface area contributed by atoms with Gasteiger partial charge in [0.15, 0.2) is 0 Å². The molecule has 0 atom stereocenters. The van der Waals surface area contributed by atoms with Crippen molar-refractivity contribution < 1.29 is 9.53 Å². The summed E-state index contributed by atoms with van der Waals surface area (Å²) in [6, 6.07) is 19.4. The van der Waals surface area contributed by atoms with E-state index >= 15 is 0 Å². The average molecular weight is 412 g/mol. The lowest BCUT2D eigenvalue weighted by molar-refractivity contribution is -0.127. The Morgan fingerprint density at radius 3 is 2.42 bits per heavy atom. The van der Waals surface area contributed by atoms with Gasteiger partial charge in [-0.15, -0.1) is 0 Å². The fraction of sp³-hybridized carbons (Fsp3) is 0.240. The highest BCUT2D eigenvalue weighted by atomic mass is 16.5. The molecule has 0 radical (unpaired) electrons. The van der Waals surface area contributed by atoms with Gasteiger partial charge in [0.25, 0.3) is 5.91 Å². The maximum Gasteiger partial charge on any atom is 0.264 e. The normalized spacial score (nSPS) is 14.2. The van der Waals surface area contributed by atoms with Crippen molar-refractivity contribution in [2.45, 2.75) is 19.3 Å². The molecule has 0 N–H and O–H groups in total. The second-order valence-corrected chi connectivity index (χ2v) is 7.46. The number of rotatable bonds is 5. The first-order chi connectivity index (χ1) is 15.2. The minimum absolute atomic E-state index is 0.129. The Kier molecular flexibility index (Phi) is 6.13. The lowest BCUT2D eigenvalue weighted by atomic mass is 10.0. The summed E-state index contributed by atoms with van der Waals surface area (Å²) in [5.74, 6) is 0.539. The van der Waals surface area contributed by atoms with Gasteiger partial charge in [-0.05, 0) is 61.7 Å². The molecule has 156 valence electrons. The molecule has 0 saturated carbocycles. The van der Waals surface area contributed by atoms with Crippen LogP contribution in [0.25, 0.3) is 23.0 Å². The van der Waals surface area contributed by atoms with Crippen molar-refractivity contribution in [3.63, 3.8) is 0 Å². The molecule has 2 aromatic carbocycles. The summed E-state index contributed by atoms with van der Waals surface area (Å²) in [4.78, 5) is 14.7. The van der Waals surface area contributed by atoms with Crippen LogP contribution in [0, 0.1) is 11.3 Å². The van der Waals surface area contributed by atoms with Gasteiger partial charge in [-0.1, -0.05) is 18.2 Å². The van der Waals surface area contributed by atoms with E-state index in [-0.39, 0.29) is 11.5 Å². The zero-order valence-corrected chi connectivity index (χ0v) is 17.5. The molecular formula is C25H24N4O2.